The van der Waals surface area contributed by atoms with Crippen LogP contribution in [-0.4, -0.2) is 30.6 Å². The van der Waals surface area contributed by atoms with Crippen molar-refractivity contribution in [2.75, 3.05) is 25.5 Å². The lowest BCUT2D eigenvalue weighted by atomic mass is 10.1. The van der Waals surface area contributed by atoms with Crippen LogP contribution in [0.15, 0.2) is 48.7 Å². The first kappa shape index (κ1) is 16.9. The molecule has 0 radical (unpaired) electrons. The first-order valence-electron chi connectivity index (χ1n) is 8.29. The first-order valence-corrected chi connectivity index (χ1v) is 8.29. The molecule has 0 fully saturated rings. The molecule has 0 unspecified atom stereocenters. The zero-order valence-corrected chi connectivity index (χ0v) is 14.5. The van der Waals surface area contributed by atoms with E-state index in [1.54, 1.807) is 6.20 Å². The Kier molecular flexibility index (Phi) is 5.22. The van der Waals surface area contributed by atoms with Crippen LogP contribution in [0.3, 0.4) is 0 Å². The van der Waals surface area contributed by atoms with Crippen LogP contribution in [0, 0.1) is 11.3 Å². The molecule has 0 bridgehead atoms. The standard InChI is InChI=1S/C20H21N5/c1-25(2)16-8-6-15(7-9-16)18-13-19-17(5-3-12-23-19)20(24-18)14-22-11-4-10-21/h3,5-9,12-13,22H,4,11,14H2,1-2H3. The summed E-state index contributed by atoms with van der Waals surface area (Å²) < 4.78 is 0. The molecule has 0 saturated heterocycles. The lowest BCUT2D eigenvalue weighted by Gasteiger charge is -2.13. The van der Waals surface area contributed by atoms with Crippen molar-refractivity contribution in [1.29, 1.82) is 5.26 Å². The molecule has 5 nitrogen and oxygen atoms in total. The summed E-state index contributed by atoms with van der Waals surface area (Å²) in [7, 11) is 4.05. The first-order chi connectivity index (χ1) is 12.2. The van der Waals surface area contributed by atoms with Crippen LogP contribution in [0.25, 0.3) is 22.2 Å². The van der Waals surface area contributed by atoms with Crippen molar-refractivity contribution in [3.63, 3.8) is 0 Å². The number of aromatic nitrogens is 2. The molecule has 0 atom stereocenters. The smallest absolute Gasteiger partial charge is 0.0742 e. The van der Waals surface area contributed by atoms with Gasteiger partial charge in [-0.15, -0.1) is 0 Å². The predicted molar refractivity (Wildman–Crippen MR) is 101 cm³/mol. The summed E-state index contributed by atoms with van der Waals surface area (Å²) in [6.07, 6.45) is 2.29. The number of hydrogen-bond donors (Lipinski definition) is 1. The van der Waals surface area contributed by atoms with Crippen molar-refractivity contribution in [2.24, 2.45) is 0 Å². The van der Waals surface area contributed by atoms with Gasteiger partial charge in [0, 0.05) is 56.4 Å². The molecule has 0 aliphatic heterocycles. The molecular weight excluding hydrogens is 310 g/mol. The number of nitrogens with one attached hydrogen (secondary N) is 1. The molecule has 126 valence electrons. The van der Waals surface area contributed by atoms with Crippen LogP contribution in [0.2, 0.25) is 0 Å². The van der Waals surface area contributed by atoms with E-state index in [0.717, 1.165) is 33.5 Å². The summed E-state index contributed by atoms with van der Waals surface area (Å²) in [6.45, 7) is 1.27. The van der Waals surface area contributed by atoms with Gasteiger partial charge in [0.1, 0.15) is 0 Å². The molecule has 1 N–H and O–H groups in total. The average Bonchev–Trinajstić information content (AvgIpc) is 2.65. The fraction of sp³-hybridized carbons (Fsp3) is 0.250. The van der Waals surface area contributed by atoms with Gasteiger partial charge in [-0.25, -0.2) is 0 Å². The second-order valence-corrected chi connectivity index (χ2v) is 6.05. The SMILES string of the molecule is CN(C)c1ccc(-c2cc3ncccc3c(CNCCC#N)n2)cc1. The Bertz CT molecular complexity index is 894. The maximum absolute atomic E-state index is 8.67. The lowest BCUT2D eigenvalue weighted by molar-refractivity contribution is 0.690. The summed E-state index contributed by atoms with van der Waals surface area (Å²) in [5.41, 5.74) is 5.02. The van der Waals surface area contributed by atoms with Crippen LogP contribution in [0.5, 0.6) is 0 Å². The highest BCUT2D eigenvalue weighted by molar-refractivity contribution is 5.84. The third kappa shape index (κ3) is 3.93. The zero-order valence-electron chi connectivity index (χ0n) is 14.5. The zero-order chi connectivity index (χ0) is 17.6. The molecule has 0 saturated carbocycles. The Labute approximate surface area is 148 Å². The molecule has 0 amide bonds. The van der Waals surface area contributed by atoms with Gasteiger partial charge >= 0.3 is 0 Å². The van der Waals surface area contributed by atoms with Crippen LogP contribution in [0.4, 0.5) is 5.69 Å². The van der Waals surface area contributed by atoms with E-state index in [0.29, 0.717) is 19.5 Å². The quantitative estimate of drug-likeness (QED) is 0.702. The molecule has 25 heavy (non-hydrogen) atoms. The van der Waals surface area contributed by atoms with E-state index in [2.05, 4.69) is 45.5 Å². The second-order valence-electron chi connectivity index (χ2n) is 6.05. The van der Waals surface area contributed by atoms with Crippen LogP contribution < -0.4 is 10.2 Å². The molecule has 0 aliphatic carbocycles. The van der Waals surface area contributed by atoms with Crippen LogP contribution >= 0.6 is 0 Å². The molecular formula is C20H21N5. The summed E-state index contributed by atoms with van der Waals surface area (Å²) in [4.78, 5) is 11.4. The molecule has 3 rings (SSSR count). The molecule has 1 aromatic carbocycles. The third-order valence-electron chi connectivity index (χ3n) is 4.06. The molecule has 2 heterocycles. The third-order valence-corrected chi connectivity index (χ3v) is 4.06. The second kappa shape index (κ2) is 7.73. The summed E-state index contributed by atoms with van der Waals surface area (Å²) in [5, 5.41) is 13.0. The summed E-state index contributed by atoms with van der Waals surface area (Å²) in [5.74, 6) is 0. The molecule has 2 aromatic heterocycles. The number of pyridine rings is 2. The van der Waals surface area contributed by atoms with Gasteiger partial charge in [-0.1, -0.05) is 12.1 Å². The van der Waals surface area contributed by atoms with Crippen molar-refractivity contribution < 1.29 is 0 Å². The Morgan fingerprint density at radius 1 is 1.16 bits per heavy atom. The van der Waals surface area contributed by atoms with Gasteiger partial charge in [-0.3, -0.25) is 9.97 Å². The number of benzene rings is 1. The van der Waals surface area contributed by atoms with Crippen LogP contribution in [0.1, 0.15) is 12.1 Å². The largest absolute Gasteiger partial charge is 0.378 e. The number of nitriles is 1. The Morgan fingerprint density at radius 3 is 2.68 bits per heavy atom. The number of fused-ring (bicyclic) bond motifs is 1. The van der Waals surface area contributed by atoms with Gasteiger partial charge in [0.2, 0.25) is 0 Å². The van der Waals surface area contributed by atoms with Crippen LogP contribution in [-0.2, 0) is 6.54 Å². The van der Waals surface area contributed by atoms with Gasteiger partial charge < -0.3 is 10.2 Å². The number of anilines is 1. The molecule has 3 aromatic rings. The van der Waals surface area contributed by atoms with Crippen molar-refractivity contribution >= 4 is 16.6 Å². The fourth-order valence-corrected chi connectivity index (χ4v) is 2.71. The Morgan fingerprint density at radius 2 is 1.96 bits per heavy atom. The van der Waals surface area contributed by atoms with E-state index >= 15 is 0 Å². The highest BCUT2D eigenvalue weighted by Gasteiger charge is 2.09. The summed E-state index contributed by atoms with van der Waals surface area (Å²) >= 11 is 0. The average molecular weight is 331 g/mol. The van der Waals surface area contributed by atoms with E-state index in [-0.39, 0.29) is 0 Å². The lowest BCUT2D eigenvalue weighted by Crippen LogP contribution is -2.15. The number of hydrogen-bond acceptors (Lipinski definition) is 5. The topological polar surface area (TPSA) is 64.8 Å². The summed E-state index contributed by atoms with van der Waals surface area (Å²) in [6, 6.07) is 16.5. The van der Waals surface area contributed by atoms with E-state index < -0.39 is 0 Å². The van der Waals surface area contributed by atoms with Crippen molar-refractivity contribution in [3.05, 3.63) is 54.4 Å². The Hall–Kier alpha value is -2.97. The van der Waals surface area contributed by atoms with Crippen molar-refractivity contribution in [1.82, 2.24) is 15.3 Å². The van der Waals surface area contributed by atoms with Gasteiger partial charge in [-0.05, 0) is 30.3 Å². The minimum atomic E-state index is 0.488. The minimum Gasteiger partial charge on any atom is -0.378 e. The van der Waals surface area contributed by atoms with Gasteiger partial charge in [0.05, 0.1) is 23.0 Å². The minimum absolute atomic E-state index is 0.488. The fourth-order valence-electron chi connectivity index (χ4n) is 2.71. The van der Waals surface area contributed by atoms with Crippen molar-refractivity contribution in [3.8, 4) is 17.3 Å². The highest BCUT2D eigenvalue weighted by Crippen LogP contribution is 2.25. The normalized spacial score (nSPS) is 10.6. The highest BCUT2D eigenvalue weighted by atomic mass is 15.1. The van der Waals surface area contributed by atoms with Crippen molar-refractivity contribution in [2.45, 2.75) is 13.0 Å². The molecule has 5 heteroatoms. The maximum atomic E-state index is 8.67. The maximum Gasteiger partial charge on any atom is 0.0742 e. The molecule has 0 aliphatic rings. The van der Waals surface area contributed by atoms with E-state index in [4.69, 9.17) is 10.2 Å². The number of nitrogens with zero attached hydrogens (tertiary/aromatic N) is 4. The van der Waals surface area contributed by atoms with Gasteiger partial charge in [0.15, 0.2) is 0 Å². The van der Waals surface area contributed by atoms with E-state index in [1.165, 1.54) is 0 Å². The molecule has 0 spiro atoms. The van der Waals surface area contributed by atoms with E-state index in [1.807, 2.05) is 32.3 Å². The predicted octanol–water partition coefficient (Wildman–Crippen LogP) is 3.37. The van der Waals surface area contributed by atoms with Gasteiger partial charge in [0.25, 0.3) is 0 Å². The monoisotopic (exact) mass is 331 g/mol. The number of rotatable bonds is 6. The van der Waals surface area contributed by atoms with E-state index in [9.17, 15) is 0 Å². The Balaban J connectivity index is 1.96. The van der Waals surface area contributed by atoms with Gasteiger partial charge in [-0.2, -0.15) is 5.26 Å².